The maximum atomic E-state index is 13.0. The third kappa shape index (κ3) is 6.36. The van der Waals surface area contributed by atoms with E-state index in [0.717, 1.165) is 18.2 Å². The van der Waals surface area contributed by atoms with E-state index in [2.05, 4.69) is 5.32 Å². The first-order chi connectivity index (χ1) is 14.3. The van der Waals surface area contributed by atoms with Gasteiger partial charge in [-0.1, -0.05) is 0 Å². The van der Waals surface area contributed by atoms with Crippen molar-refractivity contribution in [3.63, 3.8) is 0 Å². The number of urea groups is 1. The van der Waals surface area contributed by atoms with Crippen LogP contribution in [0.4, 0.5) is 20.6 Å². The van der Waals surface area contributed by atoms with Crippen LogP contribution in [0.15, 0.2) is 36.4 Å². The third-order valence-corrected chi connectivity index (χ3v) is 3.62. The Morgan fingerprint density at radius 2 is 1.70 bits per heavy atom. The highest BCUT2D eigenvalue weighted by molar-refractivity contribution is 6.03. The molecule has 0 aliphatic carbocycles. The number of esters is 1. The predicted molar refractivity (Wildman–Crippen MR) is 107 cm³/mol. The van der Waals surface area contributed by atoms with Crippen LogP contribution in [0.5, 0.6) is 11.5 Å². The second kappa shape index (κ2) is 10.6. The zero-order valence-electron chi connectivity index (χ0n) is 16.5. The summed E-state index contributed by atoms with van der Waals surface area (Å²) in [7, 11) is 0. The van der Waals surface area contributed by atoms with Crippen molar-refractivity contribution < 1.29 is 33.0 Å². The highest BCUT2D eigenvalue weighted by Crippen LogP contribution is 2.30. The molecule has 0 bridgehead atoms. The van der Waals surface area contributed by atoms with Gasteiger partial charge in [0.05, 0.1) is 18.8 Å². The Bertz CT molecular complexity index is 935. The fourth-order valence-electron chi connectivity index (χ4n) is 2.38. The monoisotopic (exact) mass is 419 g/mol. The van der Waals surface area contributed by atoms with Crippen LogP contribution in [0.25, 0.3) is 0 Å². The van der Waals surface area contributed by atoms with Gasteiger partial charge in [0.2, 0.25) is 0 Å². The van der Waals surface area contributed by atoms with Crippen LogP contribution in [0.3, 0.4) is 0 Å². The van der Waals surface area contributed by atoms with E-state index >= 15 is 0 Å². The molecule has 30 heavy (non-hydrogen) atoms. The van der Waals surface area contributed by atoms with Gasteiger partial charge >= 0.3 is 12.0 Å². The second-order valence-corrected chi connectivity index (χ2v) is 5.84. The van der Waals surface area contributed by atoms with Gasteiger partial charge < -0.3 is 25.3 Å². The summed E-state index contributed by atoms with van der Waals surface area (Å²) in [6.45, 7) is 3.76. The number of benzene rings is 2. The van der Waals surface area contributed by atoms with Crippen molar-refractivity contribution >= 4 is 29.3 Å². The molecule has 10 heteroatoms. The Morgan fingerprint density at radius 1 is 1.00 bits per heavy atom. The Hall–Kier alpha value is -3.82. The van der Waals surface area contributed by atoms with Gasteiger partial charge in [-0.05, 0) is 44.2 Å². The SMILES string of the molecule is CCOc1ccc(NC(=O)NC(=O)COC(=O)c2ccc(F)cc2N)cc1OCC. The van der Waals surface area contributed by atoms with Crippen molar-refractivity contribution in [1.29, 1.82) is 0 Å². The maximum Gasteiger partial charge on any atom is 0.340 e. The number of halogens is 1. The normalized spacial score (nSPS) is 10.1. The van der Waals surface area contributed by atoms with Gasteiger partial charge in [0.25, 0.3) is 5.91 Å². The van der Waals surface area contributed by atoms with E-state index in [4.69, 9.17) is 19.9 Å². The summed E-state index contributed by atoms with van der Waals surface area (Å²) in [6, 6.07) is 7.06. The smallest absolute Gasteiger partial charge is 0.340 e. The Morgan fingerprint density at radius 3 is 2.37 bits per heavy atom. The molecule has 0 aromatic heterocycles. The van der Waals surface area contributed by atoms with Crippen molar-refractivity contribution in [2.45, 2.75) is 13.8 Å². The van der Waals surface area contributed by atoms with E-state index < -0.39 is 30.3 Å². The molecule has 0 unspecified atom stereocenters. The Kier molecular flexibility index (Phi) is 7.98. The molecule has 4 N–H and O–H groups in total. The molecule has 2 aromatic rings. The third-order valence-electron chi connectivity index (χ3n) is 3.62. The van der Waals surface area contributed by atoms with E-state index in [1.54, 1.807) is 18.2 Å². The zero-order valence-corrected chi connectivity index (χ0v) is 16.5. The number of hydrogen-bond acceptors (Lipinski definition) is 7. The molecule has 0 saturated carbocycles. The molecule has 0 aliphatic heterocycles. The number of nitrogens with one attached hydrogen (secondary N) is 2. The van der Waals surface area contributed by atoms with Crippen molar-refractivity contribution in [1.82, 2.24) is 5.32 Å². The van der Waals surface area contributed by atoms with Crippen LogP contribution < -0.4 is 25.8 Å². The molecule has 0 spiro atoms. The van der Waals surface area contributed by atoms with Gasteiger partial charge in [-0.2, -0.15) is 0 Å². The van der Waals surface area contributed by atoms with Crippen molar-refractivity contribution in [2.24, 2.45) is 0 Å². The van der Waals surface area contributed by atoms with Crippen LogP contribution >= 0.6 is 0 Å². The number of anilines is 2. The fraction of sp³-hybridized carbons (Fsp3) is 0.250. The van der Waals surface area contributed by atoms with E-state index in [0.29, 0.717) is 30.4 Å². The first kappa shape index (κ1) is 22.5. The van der Waals surface area contributed by atoms with E-state index in [-0.39, 0.29) is 11.3 Å². The zero-order chi connectivity index (χ0) is 22.1. The van der Waals surface area contributed by atoms with Crippen LogP contribution in [-0.2, 0) is 9.53 Å². The summed E-state index contributed by atoms with van der Waals surface area (Å²) < 4.78 is 28.7. The molecule has 9 nitrogen and oxygen atoms in total. The molecule has 3 amide bonds. The van der Waals surface area contributed by atoms with E-state index in [9.17, 15) is 18.8 Å². The Labute approximate surface area is 172 Å². The number of imide groups is 1. The number of carbonyl (C=O) groups is 3. The van der Waals surface area contributed by atoms with Crippen LogP contribution in [0, 0.1) is 5.82 Å². The van der Waals surface area contributed by atoms with Gasteiger partial charge in [0.15, 0.2) is 18.1 Å². The Balaban J connectivity index is 1.89. The maximum absolute atomic E-state index is 13.0. The summed E-state index contributed by atoms with van der Waals surface area (Å²) in [5.74, 6) is -1.43. The number of nitrogens with two attached hydrogens (primary N) is 1. The summed E-state index contributed by atoms with van der Waals surface area (Å²) >= 11 is 0. The average Bonchev–Trinajstić information content (AvgIpc) is 2.68. The molecular formula is C20H22FN3O6. The lowest BCUT2D eigenvalue weighted by molar-refractivity contribution is -0.123. The summed E-state index contributed by atoms with van der Waals surface area (Å²) in [4.78, 5) is 35.7. The molecule has 0 heterocycles. The second-order valence-electron chi connectivity index (χ2n) is 5.84. The van der Waals surface area contributed by atoms with Crippen molar-refractivity contribution in [3.05, 3.63) is 47.8 Å². The molecule has 0 fully saturated rings. The summed E-state index contributed by atoms with van der Waals surface area (Å²) in [5.41, 5.74) is 5.68. The quantitative estimate of drug-likeness (QED) is 0.443. The molecule has 0 aliphatic rings. The fourth-order valence-corrected chi connectivity index (χ4v) is 2.38. The lowest BCUT2D eigenvalue weighted by atomic mass is 10.2. The largest absolute Gasteiger partial charge is 0.490 e. The molecule has 0 saturated heterocycles. The molecule has 2 aromatic carbocycles. The van der Waals surface area contributed by atoms with Gasteiger partial charge in [-0.3, -0.25) is 10.1 Å². The summed E-state index contributed by atoms with van der Waals surface area (Å²) in [5, 5.41) is 4.49. The first-order valence-electron chi connectivity index (χ1n) is 9.06. The topological polar surface area (TPSA) is 129 Å². The number of nitrogen functional groups attached to an aromatic ring is 1. The minimum absolute atomic E-state index is 0.0912. The van der Waals surface area contributed by atoms with Crippen LogP contribution in [0.1, 0.15) is 24.2 Å². The lowest BCUT2D eigenvalue weighted by Gasteiger charge is -2.13. The van der Waals surface area contributed by atoms with Crippen molar-refractivity contribution in [3.8, 4) is 11.5 Å². The number of ether oxygens (including phenoxy) is 3. The van der Waals surface area contributed by atoms with Crippen LogP contribution in [-0.4, -0.2) is 37.7 Å². The average molecular weight is 419 g/mol. The molecule has 2 rings (SSSR count). The van der Waals surface area contributed by atoms with Gasteiger partial charge in [0, 0.05) is 17.4 Å². The van der Waals surface area contributed by atoms with Gasteiger partial charge in [0.1, 0.15) is 5.82 Å². The predicted octanol–water partition coefficient (Wildman–Crippen LogP) is 2.71. The molecule has 0 radical (unpaired) electrons. The van der Waals surface area contributed by atoms with Crippen molar-refractivity contribution in [2.75, 3.05) is 30.9 Å². The molecule has 0 atom stereocenters. The molecule has 160 valence electrons. The van der Waals surface area contributed by atoms with Crippen LogP contribution in [0.2, 0.25) is 0 Å². The summed E-state index contributed by atoms with van der Waals surface area (Å²) in [6.07, 6.45) is 0. The standard InChI is InChI=1S/C20H22FN3O6/c1-3-28-16-8-6-13(10-17(16)29-4-2)23-20(27)24-18(25)11-30-19(26)14-7-5-12(21)9-15(14)22/h5-10H,3-4,11,22H2,1-2H3,(H2,23,24,25,27). The lowest BCUT2D eigenvalue weighted by Crippen LogP contribution is -2.37. The molecular weight excluding hydrogens is 397 g/mol. The number of carbonyl (C=O) groups excluding carboxylic acids is 3. The number of hydrogen-bond donors (Lipinski definition) is 3. The highest BCUT2D eigenvalue weighted by Gasteiger charge is 2.16. The number of amides is 3. The first-order valence-corrected chi connectivity index (χ1v) is 9.06. The number of rotatable bonds is 8. The minimum Gasteiger partial charge on any atom is -0.490 e. The van der Waals surface area contributed by atoms with E-state index in [1.165, 1.54) is 0 Å². The minimum atomic E-state index is -0.920. The van der Waals surface area contributed by atoms with Gasteiger partial charge in [-0.15, -0.1) is 0 Å². The van der Waals surface area contributed by atoms with E-state index in [1.807, 2.05) is 19.2 Å². The highest BCUT2D eigenvalue weighted by atomic mass is 19.1. The van der Waals surface area contributed by atoms with Gasteiger partial charge in [-0.25, -0.2) is 14.0 Å².